The molecule has 5 rings (SSSR count). The highest BCUT2D eigenvalue weighted by molar-refractivity contribution is 6.13. The molecule has 1 N–H and O–H groups in total. The second kappa shape index (κ2) is 10.2. The fourth-order valence-electron chi connectivity index (χ4n) is 3.94. The van der Waals surface area contributed by atoms with E-state index < -0.39 is 0 Å². The van der Waals surface area contributed by atoms with Gasteiger partial charge in [0.25, 0.3) is 5.91 Å². The topological polar surface area (TPSA) is 69.7 Å². The smallest absolute Gasteiger partial charge is 0.256 e. The maximum atomic E-state index is 13.4. The first kappa shape index (κ1) is 22.9. The number of nitrogens with zero attached hydrogens (tertiary/aromatic N) is 1. The number of anilines is 1. The standard InChI is InChI=1S/C30H24N2O4/c1-34-23-16-17-25(29(18-23)35-2)28-19-26(24-10-6-7-11-27(24)32-28)30(33)31-20-12-14-22(15-13-20)36-21-8-4-3-5-9-21/h3-19H,1-2H3,(H,31,33). The summed E-state index contributed by atoms with van der Waals surface area (Å²) in [5.74, 6) is 2.48. The van der Waals surface area contributed by atoms with E-state index in [9.17, 15) is 4.79 Å². The van der Waals surface area contributed by atoms with Gasteiger partial charge in [0, 0.05) is 22.7 Å². The van der Waals surface area contributed by atoms with Crippen molar-refractivity contribution in [2.75, 3.05) is 19.5 Å². The summed E-state index contributed by atoms with van der Waals surface area (Å²) in [5.41, 5.74) is 3.28. The molecule has 0 aliphatic rings. The van der Waals surface area contributed by atoms with Crippen molar-refractivity contribution in [2.24, 2.45) is 0 Å². The summed E-state index contributed by atoms with van der Waals surface area (Å²) in [5, 5.41) is 3.75. The largest absolute Gasteiger partial charge is 0.497 e. The Morgan fingerprint density at radius 1 is 0.722 bits per heavy atom. The average molecular weight is 477 g/mol. The molecule has 0 fully saturated rings. The Morgan fingerprint density at radius 2 is 1.42 bits per heavy atom. The van der Waals surface area contributed by atoms with E-state index in [-0.39, 0.29) is 5.91 Å². The number of amides is 1. The molecule has 0 unspecified atom stereocenters. The van der Waals surface area contributed by atoms with Crippen LogP contribution >= 0.6 is 0 Å². The van der Waals surface area contributed by atoms with Crippen LogP contribution < -0.4 is 19.5 Å². The fourth-order valence-corrected chi connectivity index (χ4v) is 3.94. The van der Waals surface area contributed by atoms with E-state index in [2.05, 4.69) is 5.32 Å². The van der Waals surface area contributed by atoms with Crippen LogP contribution in [0.25, 0.3) is 22.2 Å². The first-order valence-electron chi connectivity index (χ1n) is 11.4. The number of para-hydroxylation sites is 2. The quantitative estimate of drug-likeness (QED) is 0.275. The van der Waals surface area contributed by atoms with Gasteiger partial charge in [0.05, 0.1) is 31.0 Å². The summed E-state index contributed by atoms with van der Waals surface area (Å²) >= 11 is 0. The van der Waals surface area contributed by atoms with Crippen LogP contribution in [0.15, 0.2) is 103 Å². The summed E-state index contributed by atoms with van der Waals surface area (Å²) < 4.78 is 16.7. The monoisotopic (exact) mass is 476 g/mol. The Kier molecular flexibility index (Phi) is 6.49. The van der Waals surface area contributed by atoms with Crippen LogP contribution in [0.1, 0.15) is 10.4 Å². The predicted octanol–water partition coefficient (Wildman–Crippen LogP) is 6.96. The number of hydrogen-bond acceptors (Lipinski definition) is 5. The fraction of sp³-hybridized carbons (Fsp3) is 0.0667. The number of hydrogen-bond donors (Lipinski definition) is 1. The number of ether oxygens (including phenoxy) is 3. The summed E-state index contributed by atoms with van der Waals surface area (Å²) in [6.07, 6.45) is 0. The molecule has 178 valence electrons. The minimum absolute atomic E-state index is 0.237. The van der Waals surface area contributed by atoms with Crippen molar-refractivity contribution in [2.45, 2.75) is 0 Å². The van der Waals surface area contributed by atoms with Gasteiger partial charge in [-0.05, 0) is 60.7 Å². The van der Waals surface area contributed by atoms with Crippen molar-refractivity contribution in [3.63, 3.8) is 0 Å². The average Bonchev–Trinajstić information content (AvgIpc) is 2.93. The first-order chi connectivity index (χ1) is 17.6. The number of rotatable bonds is 7. The number of nitrogens with one attached hydrogen (secondary N) is 1. The Balaban J connectivity index is 1.45. The molecule has 5 aromatic rings. The maximum Gasteiger partial charge on any atom is 0.256 e. The Bertz CT molecular complexity index is 1520. The van der Waals surface area contributed by atoms with E-state index in [1.807, 2.05) is 91.0 Å². The number of carbonyl (C=O) groups is 1. The van der Waals surface area contributed by atoms with Crippen LogP contribution in [0.4, 0.5) is 5.69 Å². The number of fused-ring (bicyclic) bond motifs is 1. The maximum absolute atomic E-state index is 13.4. The molecule has 1 amide bonds. The minimum atomic E-state index is -0.237. The van der Waals surface area contributed by atoms with Gasteiger partial charge in [-0.3, -0.25) is 4.79 Å². The third-order valence-electron chi connectivity index (χ3n) is 5.74. The summed E-state index contributed by atoms with van der Waals surface area (Å²) in [6.45, 7) is 0. The van der Waals surface area contributed by atoms with Crippen LogP contribution in [0.3, 0.4) is 0 Å². The number of pyridine rings is 1. The van der Waals surface area contributed by atoms with Crippen LogP contribution in [0, 0.1) is 0 Å². The molecule has 36 heavy (non-hydrogen) atoms. The molecule has 0 radical (unpaired) electrons. The highest BCUT2D eigenvalue weighted by Crippen LogP contribution is 2.34. The molecule has 0 saturated heterocycles. The second-order valence-electron chi connectivity index (χ2n) is 8.03. The summed E-state index contributed by atoms with van der Waals surface area (Å²) in [4.78, 5) is 18.2. The molecule has 0 saturated carbocycles. The molecule has 1 heterocycles. The Morgan fingerprint density at radius 3 is 2.17 bits per heavy atom. The lowest BCUT2D eigenvalue weighted by Gasteiger charge is -2.13. The number of benzene rings is 4. The lowest BCUT2D eigenvalue weighted by Crippen LogP contribution is -2.13. The van der Waals surface area contributed by atoms with Gasteiger partial charge in [-0.25, -0.2) is 4.98 Å². The van der Waals surface area contributed by atoms with E-state index >= 15 is 0 Å². The number of carbonyl (C=O) groups excluding carboxylic acids is 1. The molecule has 0 bridgehead atoms. The van der Waals surface area contributed by atoms with Gasteiger partial charge in [0.15, 0.2) is 0 Å². The van der Waals surface area contributed by atoms with Crippen LogP contribution in [0.5, 0.6) is 23.0 Å². The van der Waals surface area contributed by atoms with Crippen molar-refractivity contribution < 1.29 is 19.0 Å². The molecule has 0 spiro atoms. The molecule has 6 heteroatoms. The lowest BCUT2D eigenvalue weighted by molar-refractivity contribution is 0.102. The van der Waals surface area contributed by atoms with Crippen molar-refractivity contribution in [3.8, 4) is 34.3 Å². The minimum Gasteiger partial charge on any atom is -0.497 e. The van der Waals surface area contributed by atoms with Gasteiger partial charge in [0.1, 0.15) is 23.0 Å². The molecule has 6 nitrogen and oxygen atoms in total. The third kappa shape index (κ3) is 4.83. The zero-order valence-corrected chi connectivity index (χ0v) is 19.9. The SMILES string of the molecule is COc1ccc(-c2cc(C(=O)Nc3ccc(Oc4ccccc4)cc3)c3ccccc3n2)c(OC)c1. The van der Waals surface area contributed by atoms with Gasteiger partial charge in [-0.2, -0.15) is 0 Å². The van der Waals surface area contributed by atoms with Gasteiger partial charge in [0.2, 0.25) is 0 Å². The molecule has 4 aromatic carbocycles. The van der Waals surface area contributed by atoms with E-state index in [1.165, 1.54) is 0 Å². The Hall–Kier alpha value is -4.84. The van der Waals surface area contributed by atoms with Gasteiger partial charge >= 0.3 is 0 Å². The van der Waals surface area contributed by atoms with E-state index in [1.54, 1.807) is 26.4 Å². The van der Waals surface area contributed by atoms with Crippen molar-refractivity contribution in [1.82, 2.24) is 4.98 Å². The predicted molar refractivity (Wildman–Crippen MR) is 141 cm³/mol. The molecule has 0 aliphatic heterocycles. The number of aromatic nitrogens is 1. The third-order valence-corrected chi connectivity index (χ3v) is 5.74. The second-order valence-corrected chi connectivity index (χ2v) is 8.03. The van der Waals surface area contributed by atoms with Crippen LogP contribution in [0.2, 0.25) is 0 Å². The van der Waals surface area contributed by atoms with Gasteiger partial charge < -0.3 is 19.5 Å². The molecule has 0 aliphatic carbocycles. The first-order valence-corrected chi connectivity index (χ1v) is 11.4. The lowest BCUT2D eigenvalue weighted by atomic mass is 10.0. The number of methoxy groups -OCH3 is 2. The highest BCUT2D eigenvalue weighted by atomic mass is 16.5. The summed E-state index contributed by atoms with van der Waals surface area (Å²) in [7, 11) is 3.20. The van der Waals surface area contributed by atoms with E-state index in [0.29, 0.717) is 39.7 Å². The highest BCUT2D eigenvalue weighted by Gasteiger charge is 2.17. The molecule has 0 atom stereocenters. The molecular formula is C30H24N2O4. The van der Waals surface area contributed by atoms with E-state index in [4.69, 9.17) is 19.2 Å². The zero-order valence-electron chi connectivity index (χ0n) is 19.9. The summed E-state index contributed by atoms with van der Waals surface area (Å²) in [6, 6.07) is 31.7. The van der Waals surface area contributed by atoms with Crippen LogP contribution in [-0.2, 0) is 0 Å². The van der Waals surface area contributed by atoms with Crippen LogP contribution in [-0.4, -0.2) is 25.1 Å². The Labute approximate surface area is 209 Å². The van der Waals surface area contributed by atoms with Crippen molar-refractivity contribution in [1.29, 1.82) is 0 Å². The van der Waals surface area contributed by atoms with Gasteiger partial charge in [-0.1, -0.05) is 36.4 Å². The van der Waals surface area contributed by atoms with E-state index in [0.717, 1.165) is 16.7 Å². The van der Waals surface area contributed by atoms with Crippen molar-refractivity contribution >= 4 is 22.5 Å². The van der Waals surface area contributed by atoms with Gasteiger partial charge in [-0.15, -0.1) is 0 Å². The molecule has 1 aromatic heterocycles. The van der Waals surface area contributed by atoms with Crippen molar-refractivity contribution in [3.05, 3.63) is 109 Å². The molecular weight excluding hydrogens is 452 g/mol. The zero-order chi connectivity index (χ0) is 24.9. The normalized spacial score (nSPS) is 10.6.